The first-order valence-corrected chi connectivity index (χ1v) is 7.23. The van der Waals surface area contributed by atoms with Crippen molar-refractivity contribution < 1.29 is 4.42 Å². The van der Waals surface area contributed by atoms with E-state index in [1.54, 1.807) is 0 Å². The molecule has 5 nitrogen and oxygen atoms in total. The number of aromatic nitrogens is 2. The maximum absolute atomic E-state index is 5.67. The molecule has 1 fully saturated rings. The number of hydrogen-bond donors (Lipinski definition) is 2. The Kier molecular flexibility index (Phi) is 3.89. The van der Waals surface area contributed by atoms with Crippen molar-refractivity contribution in [3.63, 3.8) is 0 Å². The molecule has 20 heavy (non-hydrogen) atoms. The van der Waals surface area contributed by atoms with Crippen molar-refractivity contribution in [3.8, 4) is 11.5 Å². The van der Waals surface area contributed by atoms with Gasteiger partial charge in [0.15, 0.2) is 5.76 Å². The van der Waals surface area contributed by atoms with Crippen LogP contribution in [0.2, 0.25) is 0 Å². The van der Waals surface area contributed by atoms with Crippen LogP contribution in [0.4, 0.5) is 0 Å². The Hall–Kier alpha value is -1.59. The highest BCUT2D eigenvalue weighted by Gasteiger charge is 2.18. The number of aromatic amines is 1. The number of furan rings is 1. The number of rotatable bonds is 4. The molecular formula is C15H22N4O. The lowest BCUT2D eigenvalue weighted by Gasteiger charge is -2.30. The van der Waals surface area contributed by atoms with E-state index in [2.05, 4.69) is 27.5 Å². The highest BCUT2D eigenvalue weighted by Crippen LogP contribution is 2.23. The average molecular weight is 274 g/mol. The van der Waals surface area contributed by atoms with Gasteiger partial charge in [-0.15, -0.1) is 0 Å². The Balaban J connectivity index is 1.65. The molecule has 0 aliphatic carbocycles. The molecule has 0 bridgehead atoms. The van der Waals surface area contributed by atoms with Crippen LogP contribution in [0.1, 0.15) is 24.2 Å². The van der Waals surface area contributed by atoms with Crippen molar-refractivity contribution in [2.75, 3.05) is 20.1 Å². The van der Waals surface area contributed by atoms with E-state index < -0.39 is 0 Å². The van der Waals surface area contributed by atoms with Crippen LogP contribution in [0, 0.1) is 6.92 Å². The molecule has 3 heterocycles. The van der Waals surface area contributed by atoms with E-state index in [1.165, 1.54) is 19.4 Å². The highest BCUT2D eigenvalue weighted by atomic mass is 16.3. The number of likely N-dealkylation sites (N-methyl/N-ethyl adjacent to an activating group) is 1. The quantitative estimate of drug-likeness (QED) is 0.897. The number of aryl methyl sites for hydroxylation is 1. The lowest BCUT2D eigenvalue weighted by molar-refractivity contribution is 0.226. The van der Waals surface area contributed by atoms with E-state index >= 15 is 0 Å². The fraction of sp³-hybridized carbons (Fsp3) is 0.533. The summed E-state index contributed by atoms with van der Waals surface area (Å²) in [6.45, 7) is 5.10. The van der Waals surface area contributed by atoms with Crippen LogP contribution in [0.5, 0.6) is 0 Å². The molecule has 0 amide bonds. The predicted octanol–water partition coefficient (Wildman–Crippen LogP) is 2.16. The fourth-order valence-corrected chi connectivity index (χ4v) is 2.81. The monoisotopic (exact) mass is 274 g/mol. The molecule has 1 aliphatic rings. The molecule has 1 aliphatic heterocycles. The van der Waals surface area contributed by atoms with Gasteiger partial charge in [-0.1, -0.05) is 0 Å². The summed E-state index contributed by atoms with van der Waals surface area (Å²) in [5, 5.41) is 10.8. The van der Waals surface area contributed by atoms with Crippen LogP contribution in [0.3, 0.4) is 0 Å². The topological polar surface area (TPSA) is 57.1 Å². The summed E-state index contributed by atoms with van der Waals surface area (Å²) in [4.78, 5) is 2.38. The van der Waals surface area contributed by atoms with Crippen LogP contribution >= 0.6 is 0 Å². The van der Waals surface area contributed by atoms with Gasteiger partial charge < -0.3 is 14.6 Å². The zero-order valence-electron chi connectivity index (χ0n) is 12.1. The maximum Gasteiger partial charge on any atom is 0.152 e. The van der Waals surface area contributed by atoms with Crippen molar-refractivity contribution in [2.24, 2.45) is 0 Å². The van der Waals surface area contributed by atoms with Gasteiger partial charge >= 0.3 is 0 Å². The molecular weight excluding hydrogens is 252 g/mol. The molecule has 5 heteroatoms. The average Bonchev–Trinajstić information content (AvgIpc) is 3.04. The zero-order chi connectivity index (χ0) is 13.9. The zero-order valence-corrected chi connectivity index (χ0v) is 12.1. The maximum atomic E-state index is 5.67. The van der Waals surface area contributed by atoms with Gasteiger partial charge in [-0.25, -0.2) is 0 Å². The summed E-state index contributed by atoms with van der Waals surface area (Å²) < 4.78 is 5.67. The number of H-pyrrole nitrogens is 1. The summed E-state index contributed by atoms with van der Waals surface area (Å²) in [5.41, 5.74) is 2.14. The third-order valence-corrected chi connectivity index (χ3v) is 3.91. The standard InChI is InChI=1S/C15H22N4O/c1-11-5-6-14(20-11)15-12(9-17-18-15)8-16-13-4-3-7-19(2)10-13/h5-6,9,13,16H,3-4,7-8,10H2,1-2H3,(H,17,18). The molecule has 1 atom stereocenters. The van der Waals surface area contributed by atoms with Gasteiger partial charge in [0.1, 0.15) is 11.5 Å². The van der Waals surface area contributed by atoms with Crippen LogP contribution < -0.4 is 5.32 Å². The van der Waals surface area contributed by atoms with Crippen molar-refractivity contribution in [2.45, 2.75) is 32.4 Å². The van der Waals surface area contributed by atoms with Crippen LogP contribution in [-0.2, 0) is 6.54 Å². The molecule has 1 unspecified atom stereocenters. The van der Waals surface area contributed by atoms with Gasteiger partial charge in [-0.05, 0) is 45.5 Å². The Bertz CT molecular complexity index is 560. The Labute approximate surface area is 119 Å². The van der Waals surface area contributed by atoms with E-state index in [0.29, 0.717) is 6.04 Å². The normalized spacial score (nSPS) is 20.4. The summed E-state index contributed by atoms with van der Waals surface area (Å²) in [6.07, 6.45) is 4.40. The molecule has 108 valence electrons. The minimum absolute atomic E-state index is 0.565. The Morgan fingerprint density at radius 3 is 3.15 bits per heavy atom. The molecule has 3 rings (SSSR count). The number of piperidine rings is 1. The highest BCUT2D eigenvalue weighted by molar-refractivity contribution is 5.56. The lowest BCUT2D eigenvalue weighted by Crippen LogP contribution is -2.43. The Morgan fingerprint density at radius 1 is 1.50 bits per heavy atom. The van der Waals surface area contributed by atoms with Gasteiger partial charge in [0.25, 0.3) is 0 Å². The van der Waals surface area contributed by atoms with Crippen LogP contribution in [-0.4, -0.2) is 41.3 Å². The molecule has 1 saturated heterocycles. The molecule has 0 radical (unpaired) electrons. The SMILES string of the molecule is Cc1ccc(-c2[nH]ncc2CNC2CCCN(C)C2)o1. The van der Waals surface area contributed by atoms with Crippen LogP contribution in [0.25, 0.3) is 11.5 Å². The first-order chi connectivity index (χ1) is 9.72. The van der Waals surface area contributed by atoms with E-state index in [0.717, 1.165) is 35.9 Å². The molecule has 0 aromatic carbocycles. The smallest absolute Gasteiger partial charge is 0.152 e. The second kappa shape index (κ2) is 5.81. The van der Waals surface area contributed by atoms with E-state index in [4.69, 9.17) is 4.42 Å². The number of nitrogens with one attached hydrogen (secondary N) is 2. The summed E-state index contributed by atoms with van der Waals surface area (Å²) in [6, 6.07) is 4.53. The number of nitrogens with zero attached hydrogens (tertiary/aromatic N) is 2. The second-order valence-corrected chi connectivity index (χ2v) is 5.66. The van der Waals surface area contributed by atoms with Gasteiger partial charge in [-0.2, -0.15) is 5.10 Å². The second-order valence-electron chi connectivity index (χ2n) is 5.66. The first-order valence-electron chi connectivity index (χ1n) is 7.23. The van der Waals surface area contributed by atoms with Crippen LogP contribution in [0.15, 0.2) is 22.7 Å². The summed E-state index contributed by atoms with van der Waals surface area (Å²) in [5.74, 6) is 1.78. The first kappa shape index (κ1) is 13.4. The largest absolute Gasteiger partial charge is 0.460 e. The Morgan fingerprint density at radius 2 is 2.40 bits per heavy atom. The molecule has 0 spiro atoms. The van der Waals surface area contributed by atoms with Crippen molar-refractivity contribution in [3.05, 3.63) is 29.7 Å². The molecule has 0 saturated carbocycles. The van der Waals surface area contributed by atoms with Crippen molar-refractivity contribution in [1.82, 2.24) is 20.4 Å². The minimum Gasteiger partial charge on any atom is -0.460 e. The number of hydrogen-bond acceptors (Lipinski definition) is 4. The fourth-order valence-electron chi connectivity index (χ4n) is 2.81. The molecule has 2 N–H and O–H groups in total. The third kappa shape index (κ3) is 2.94. The van der Waals surface area contributed by atoms with Gasteiger partial charge in [0.05, 0.1) is 6.20 Å². The van der Waals surface area contributed by atoms with E-state index in [1.807, 2.05) is 25.3 Å². The molecule has 2 aromatic rings. The summed E-state index contributed by atoms with van der Waals surface area (Å²) in [7, 11) is 2.18. The van der Waals surface area contributed by atoms with Gasteiger partial charge in [0.2, 0.25) is 0 Å². The predicted molar refractivity (Wildman–Crippen MR) is 78.4 cm³/mol. The lowest BCUT2D eigenvalue weighted by atomic mass is 10.1. The van der Waals surface area contributed by atoms with Crippen molar-refractivity contribution in [1.29, 1.82) is 0 Å². The number of likely N-dealkylation sites (tertiary alicyclic amines) is 1. The summed E-state index contributed by atoms with van der Waals surface area (Å²) >= 11 is 0. The van der Waals surface area contributed by atoms with Gasteiger partial charge in [-0.3, -0.25) is 5.10 Å². The molecule has 2 aromatic heterocycles. The minimum atomic E-state index is 0.565. The third-order valence-electron chi connectivity index (χ3n) is 3.91. The van der Waals surface area contributed by atoms with Crippen molar-refractivity contribution >= 4 is 0 Å². The van der Waals surface area contributed by atoms with E-state index in [-0.39, 0.29) is 0 Å². The van der Waals surface area contributed by atoms with E-state index in [9.17, 15) is 0 Å². The van der Waals surface area contributed by atoms with Gasteiger partial charge in [0, 0.05) is 24.7 Å².